The van der Waals surface area contributed by atoms with Crippen LogP contribution in [-0.2, 0) is 10.2 Å². The Labute approximate surface area is 94.3 Å². The van der Waals surface area contributed by atoms with Crippen molar-refractivity contribution in [2.45, 2.75) is 18.3 Å². The van der Waals surface area contributed by atoms with E-state index in [0.717, 1.165) is 24.1 Å². The van der Waals surface area contributed by atoms with Gasteiger partial charge in [0.1, 0.15) is 0 Å². The van der Waals surface area contributed by atoms with Crippen LogP contribution in [0.5, 0.6) is 0 Å². The van der Waals surface area contributed by atoms with Crippen molar-refractivity contribution < 1.29 is 4.79 Å². The van der Waals surface area contributed by atoms with E-state index >= 15 is 0 Å². The predicted molar refractivity (Wildman–Crippen MR) is 59.9 cm³/mol. The fourth-order valence-electron chi connectivity index (χ4n) is 3.00. The van der Waals surface area contributed by atoms with Crippen LogP contribution in [0.4, 0.5) is 5.69 Å². The molecule has 3 heteroatoms. The van der Waals surface area contributed by atoms with Crippen molar-refractivity contribution in [2.24, 2.45) is 5.92 Å². The van der Waals surface area contributed by atoms with Crippen LogP contribution in [0, 0.1) is 17.2 Å². The van der Waals surface area contributed by atoms with Crippen LogP contribution in [0.3, 0.4) is 0 Å². The van der Waals surface area contributed by atoms with E-state index in [1.807, 2.05) is 24.3 Å². The summed E-state index contributed by atoms with van der Waals surface area (Å²) < 4.78 is 0. The first-order valence-electron chi connectivity index (χ1n) is 5.49. The molecule has 1 aromatic rings. The van der Waals surface area contributed by atoms with Crippen LogP contribution in [0.2, 0.25) is 0 Å². The molecule has 0 radical (unpaired) electrons. The van der Waals surface area contributed by atoms with E-state index in [1.165, 1.54) is 0 Å². The van der Waals surface area contributed by atoms with Crippen LogP contribution in [0.1, 0.15) is 18.4 Å². The molecular weight excluding hydrogens is 200 g/mol. The Balaban J connectivity index is 2.22. The number of anilines is 1. The average molecular weight is 212 g/mol. The Morgan fingerprint density at radius 3 is 2.88 bits per heavy atom. The number of hydrogen-bond donors (Lipinski definition) is 0. The smallest absolute Gasteiger partial charge is 0.238 e. The van der Waals surface area contributed by atoms with E-state index in [0.29, 0.717) is 0 Å². The lowest BCUT2D eigenvalue weighted by molar-refractivity contribution is -0.127. The summed E-state index contributed by atoms with van der Waals surface area (Å²) in [4.78, 5) is 14.0. The van der Waals surface area contributed by atoms with Crippen LogP contribution in [-0.4, -0.2) is 13.0 Å². The lowest BCUT2D eigenvalue weighted by Crippen LogP contribution is -2.50. The zero-order valence-corrected chi connectivity index (χ0v) is 9.10. The van der Waals surface area contributed by atoms with E-state index in [1.54, 1.807) is 11.9 Å². The van der Waals surface area contributed by atoms with E-state index < -0.39 is 5.41 Å². The highest BCUT2D eigenvalue weighted by molar-refractivity contribution is 6.08. The molecule has 0 bridgehead atoms. The number of carbonyl (C=O) groups is 1. The zero-order chi connectivity index (χ0) is 11.3. The second-order valence-corrected chi connectivity index (χ2v) is 4.57. The van der Waals surface area contributed by atoms with Gasteiger partial charge in [0.05, 0.1) is 17.4 Å². The summed E-state index contributed by atoms with van der Waals surface area (Å²) in [5.74, 6) is -0.0578. The summed E-state index contributed by atoms with van der Waals surface area (Å²) in [5.41, 5.74) is 1.48. The highest BCUT2D eigenvalue weighted by Crippen LogP contribution is 2.56. The third kappa shape index (κ3) is 0.817. The summed E-state index contributed by atoms with van der Waals surface area (Å²) in [7, 11) is 1.79. The van der Waals surface area contributed by atoms with Gasteiger partial charge in [-0.25, -0.2) is 0 Å². The van der Waals surface area contributed by atoms with Gasteiger partial charge in [-0.3, -0.25) is 4.79 Å². The third-order valence-electron chi connectivity index (χ3n) is 4.01. The van der Waals surface area contributed by atoms with Crippen molar-refractivity contribution in [3.05, 3.63) is 29.8 Å². The van der Waals surface area contributed by atoms with Crippen LogP contribution < -0.4 is 4.90 Å². The molecule has 0 saturated heterocycles. The SMILES string of the molecule is CN1C(=O)[C@@]2(CC[C@@H]2C#N)c2ccccc21. The number of benzene rings is 1. The summed E-state index contributed by atoms with van der Waals surface area (Å²) >= 11 is 0. The third-order valence-corrected chi connectivity index (χ3v) is 4.01. The Hall–Kier alpha value is -1.82. The molecule has 1 saturated carbocycles. The lowest BCUT2D eigenvalue weighted by Gasteiger charge is -2.41. The van der Waals surface area contributed by atoms with Crippen LogP contribution in [0.15, 0.2) is 24.3 Å². The summed E-state index contributed by atoms with van der Waals surface area (Å²) in [6, 6.07) is 10.1. The highest BCUT2D eigenvalue weighted by Gasteiger charge is 2.60. The minimum Gasteiger partial charge on any atom is -0.314 e. The standard InChI is InChI=1S/C13H12N2O/c1-15-11-5-3-2-4-10(11)13(12(15)16)7-6-9(13)8-14/h2-5,9H,6-7H2,1H3/t9-,13-/m1/s1. The molecule has 1 amide bonds. The van der Waals surface area contributed by atoms with Gasteiger partial charge in [0.2, 0.25) is 5.91 Å². The Morgan fingerprint density at radius 2 is 2.25 bits per heavy atom. The molecule has 1 aliphatic carbocycles. The van der Waals surface area contributed by atoms with Gasteiger partial charge in [-0.2, -0.15) is 5.26 Å². The normalized spacial score (nSPS) is 31.1. The number of fused-ring (bicyclic) bond motifs is 2. The summed E-state index contributed by atoms with van der Waals surface area (Å²) in [6.07, 6.45) is 1.65. The number of para-hydroxylation sites is 1. The number of nitrogens with zero attached hydrogens (tertiary/aromatic N) is 2. The number of amides is 1. The van der Waals surface area contributed by atoms with Crippen molar-refractivity contribution >= 4 is 11.6 Å². The van der Waals surface area contributed by atoms with Crippen LogP contribution in [0.25, 0.3) is 0 Å². The van der Waals surface area contributed by atoms with Crippen molar-refractivity contribution in [3.8, 4) is 6.07 Å². The van der Waals surface area contributed by atoms with E-state index in [4.69, 9.17) is 5.26 Å². The molecule has 80 valence electrons. The first-order valence-corrected chi connectivity index (χ1v) is 5.49. The van der Waals surface area contributed by atoms with Crippen molar-refractivity contribution in [1.29, 1.82) is 5.26 Å². The average Bonchev–Trinajstić information content (AvgIpc) is 2.51. The molecule has 1 aliphatic heterocycles. The summed E-state index contributed by atoms with van der Waals surface area (Å²) in [5, 5.41) is 9.12. The molecule has 0 aromatic heterocycles. The quantitative estimate of drug-likeness (QED) is 0.658. The van der Waals surface area contributed by atoms with Gasteiger partial charge in [-0.05, 0) is 24.5 Å². The molecule has 0 N–H and O–H groups in total. The second-order valence-electron chi connectivity index (χ2n) is 4.57. The van der Waals surface area contributed by atoms with E-state index in [2.05, 4.69) is 6.07 Å². The maximum Gasteiger partial charge on any atom is 0.238 e. The Morgan fingerprint density at radius 1 is 1.50 bits per heavy atom. The molecule has 16 heavy (non-hydrogen) atoms. The molecule has 2 aliphatic rings. The lowest BCUT2D eigenvalue weighted by atomic mass is 9.57. The van der Waals surface area contributed by atoms with Crippen molar-refractivity contribution in [2.75, 3.05) is 11.9 Å². The van der Waals surface area contributed by atoms with Crippen molar-refractivity contribution in [1.82, 2.24) is 0 Å². The predicted octanol–water partition coefficient (Wildman–Crippen LogP) is 1.83. The van der Waals surface area contributed by atoms with Crippen molar-refractivity contribution in [3.63, 3.8) is 0 Å². The second kappa shape index (κ2) is 2.85. The highest BCUT2D eigenvalue weighted by atomic mass is 16.2. The fourth-order valence-corrected chi connectivity index (χ4v) is 3.00. The molecule has 0 unspecified atom stereocenters. The number of likely N-dealkylation sites (N-methyl/N-ethyl adjacent to an activating group) is 1. The maximum absolute atomic E-state index is 12.3. The molecule has 1 spiro atoms. The van der Waals surface area contributed by atoms with Gasteiger partial charge in [-0.1, -0.05) is 18.2 Å². The molecular formula is C13H12N2O. The van der Waals surface area contributed by atoms with Gasteiger partial charge in [-0.15, -0.1) is 0 Å². The minimum absolute atomic E-state index is 0.0894. The molecule has 1 fully saturated rings. The molecule has 1 aromatic carbocycles. The van der Waals surface area contributed by atoms with Gasteiger partial charge in [0, 0.05) is 12.7 Å². The molecule has 3 rings (SSSR count). The maximum atomic E-state index is 12.3. The monoisotopic (exact) mass is 212 g/mol. The van der Waals surface area contributed by atoms with Gasteiger partial charge < -0.3 is 4.90 Å². The van der Waals surface area contributed by atoms with E-state index in [9.17, 15) is 4.79 Å². The number of carbonyl (C=O) groups excluding carboxylic acids is 1. The molecule has 2 atom stereocenters. The topological polar surface area (TPSA) is 44.1 Å². The minimum atomic E-state index is -0.528. The first kappa shape index (κ1) is 9.41. The number of nitriles is 1. The number of hydrogen-bond acceptors (Lipinski definition) is 2. The Bertz CT molecular complexity index is 517. The number of rotatable bonds is 0. The van der Waals surface area contributed by atoms with E-state index in [-0.39, 0.29) is 11.8 Å². The van der Waals surface area contributed by atoms with Gasteiger partial charge in [0.15, 0.2) is 0 Å². The first-order chi connectivity index (χ1) is 7.71. The molecule has 1 heterocycles. The fraction of sp³-hybridized carbons (Fsp3) is 0.385. The molecule has 3 nitrogen and oxygen atoms in total. The Kier molecular flexibility index (Phi) is 1.68. The van der Waals surface area contributed by atoms with Gasteiger partial charge >= 0.3 is 0 Å². The van der Waals surface area contributed by atoms with Gasteiger partial charge in [0.25, 0.3) is 0 Å². The largest absolute Gasteiger partial charge is 0.314 e. The van der Waals surface area contributed by atoms with Crippen LogP contribution >= 0.6 is 0 Å². The summed E-state index contributed by atoms with van der Waals surface area (Å²) in [6.45, 7) is 0. The zero-order valence-electron chi connectivity index (χ0n) is 9.10.